The molecule has 0 aromatic carbocycles. The zero-order chi connectivity index (χ0) is 14.4. The zero-order valence-electron chi connectivity index (χ0n) is 13.1. The molecule has 2 heterocycles. The number of likely N-dealkylation sites (tertiary alicyclic amines) is 1. The second-order valence-electron chi connectivity index (χ2n) is 5.68. The van der Waals surface area contributed by atoms with Crippen LogP contribution in [0.2, 0.25) is 0 Å². The highest BCUT2D eigenvalue weighted by Gasteiger charge is 2.24. The lowest BCUT2D eigenvalue weighted by atomic mass is 10.2. The molecule has 1 fully saturated rings. The molecule has 0 bridgehead atoms. The number of aromatic nitrogens is 1. The Labute approximate surface area is 127 Å². The van der Waals surface area contributed by atoms with Crippen LogP contribution in [0.3, 0.4) is 0 Å². The van der Waals surface area contributed by atoms with E-state index >= 15 is 0 Å². The zero-order valence-corrected chi connectivity index (χ0v) is 13.9. The van der Waals surface area contributed by atoms with Crippen molar-refractivity contribution in [3.8, 4) is 0 Å². The van der Waals surface area contributed by atoms with E-state index < -0.39 is 0 Å². The summed E-state index contributed by atoms with van der Waals surface area (Å²) in [6, 6.07) is 0.746. The van der Waals surface area contributed by atoms with Gasteiger partial charge in [0.15, 0.2) is 5.13 Å². The third-order valence-electron chi connectivity index (χ3n) is 3.93. The van der Waals surface area contributed by atoms with E-state index in [1.54, 1.807) is 11.3 Å². The van der Waals surface area contributed by atoms with Crippen molar-refractivity contribution in [1.29, 1.82) is 0 Å². The number of nitrogens with one attached hydrogen (secondary N) is 1. The Morgan fingerprint density at radius 1 is 1.50 bits per heavy atom. The average Bonchev–Trinajstić information content (AvgIpc) is 3.05. The Kier molecular flexibility index (Phi) is 6.26. The Hall–Kier alpha value is -0.650. The van der Waals surface area contributed by atoms with Gasteiger partial charge in [0, 0.05) is 36.8 Å². The number of nitrogens with zero attached hydrogens (tertiary/aromatic N) is 3. The van der Waals surface area contributed by atoms with Crippen LogP contribution >= 0.6 is 11.3 Å². The van der Waals surface area contributed by atoms with Gasteiger partial charge in [0.1, 0.15) is 0 Å². The van der Waals surface area contributed by atoms with Crippen molar-refractivity contribution in [2.45, 2.75) is 45.7 Å². The molecule has 1 aromatic rings. The lowest BCUT2D eigenvalue weighted by molar-refractivity contribution is 0.195. The van der Waals surface area contributed by atoms with Crippen LogP contribution in [0.4, 0.5) is 5.13 Å². The van der Waals surface area contributed by atoms with Crippen molar-refractivity contribution in [3.63, 3.8) is 0 Å². The first-order chi connectivity index (χ1) is 9.72. The Bertz CT molecular complexity index is 393. The van der Waals surface area contributed by atoms with E-state index in [4.69, 9.17) is 0 Å². The fraction of sp³-hybridized carbons (Fsp3) is 0.800. The van der Waals surface area contributed by atoms with Crippen LogP contribution in [0.25, 0.3) is 0 Å². The molecule has 1 aliphatic heterocycles. The monoisotopic (exact) mass is 296 g/mol. The van der Waals surface area contributed by atoms with Crippen molar-refractivity contribution in [3.05, 3.63) is 11.1 Å². The van der Waals surface area contributed by atoms with E-state index in [0.717, 1.165) is 30.7 Å². The summed E-state index contributed by atoms with van der Waals surface area (Å²) in [4.78, 5) is 10.8. The maximum absolute atomic E-state index is 4.44. The summed E-state index contributed by atoms with van der Waals surface area (Å²) in [6.45, 7) is 10.1. The SMILES string of the molecule is CCCNc1ncc(CN(C)CC2CCCN2CC)s1. The minimum atomic E-state index is 0.746. The van der Waals surface area contributed by atoms with Gasteiger partial charge in [-0.25, -0.2) is 4.98 Å². The maximum atomic E-state index is 4.44. The van der Waals surface area contributed by atoms with Crippen molar-refractivity contribution in [1.82, 2.24) is 14.8 Å². The number of hydrogen-bond donors (Lipinski definition) is 1. The molecule has 1 unspecified atom stereocenters. The lowest BCUT2D eigenvalue weighted by Gasteiger charge is -2.27. The van der Waals surface area contributed by atoms with Gasteiger partial charge in [-0.3, -0.25) is 9.80 Å². The standard InChI is InChI=1S/C15H28N4S/c1-4-8-16-15-17-10-14(20-15)12-18(3)11-13-7-6-9-19(13)5-2/h10,13H,4-9,11-12H2,1-3H3,(H,16,17). The molecule has 5 heteroatoms. The van der Waals surface area contributed by atoms with Gasteiger partial charge < -0.3 is 5.32 Å². The normalized spacial score (nSPS) is 19.9. The maximum Gasteiger partial charge on any atom is 0.182 e. The van der Waals surface area contributed by atoms with Gasteiger partial charge in [-0.15, -0.1) is 11.3 Å². The fourth-order valence-electron chi connectivity index (χ4n) is 2.90. The van der Waals surface area contributed by atoms with Crippen molar-refractivity contribution < 1.29 is 0 Å². The summed E-state index contributed by atoms with van der Waals surface area (Å²) in [5.41, 5.74) is 0. The molecule has 20 heavy (non-hydrogen) atoms. The van der Waals surface area contributed by atoms with Gasteiger partial charge >= 0.3 is 0 Å². The highest BCUT2D eigenvalue weighted by Crippen LogP contribution is 2.21. The molecule has 0 spiro atoms. The Morgan fingerprint density at radius 2 is 2.35 bits per heavy atom. The quantitative estimate of drug-likeness (QED) is 0.799. The number of likely N-dealkylation sites (N-methyl/N-ethyl adjacent to an activating group) is 2. The number of thiazole rings is 1. The lowest BCUT2D eigenvalue weighted by Crippen LogP contribution is -2.38. The molecule has 4 nitrogen and oxygen atoms in total. The molecule has 114 valence electrons. The van der Waals surface area contributed by atoms with Crippen LogP contribution in [0.1, 0.15) is 38.0 Å². The molecule has 0 amide bonds. The molecular formula is C15H28N4S. The van der Waals surface area contributed by atoms with Crippen LogP contribution in [-0.2, 0) is 6.54 Å². The first-order valence-corrected chi connectivity index (χ1v) is 8.65. The van der Waals surface area contributed by atoms with Crippen molar-refractivity contribution in [2.24, 2.45) is 0 Å². The van der Waals surface area contributed by atoms with Gasteiger partial charge in [-0.2, -0.15) is 0 Å². The van der Waals surface area contributed by atoms with Crippen molar-refractivity contribution in [2.75, 3.05) is 38.5 Å². The fourth-order valence-corrected chi connectivity index (χ4v) is 3.82. The highest BCUT2D eigenvalue weighted by molar-refractivity contribution is 7.15. The highest BCUT2D eigenvalue weighted by atomic mass is 32.1. The predicted octanol–water partition coefficient (Wildman–Crippen LogP) is 2.88. The molecule has 1 atom stereocenters. The van der Waals surface area contributed by atoms with Crippen LogP contribution < -0.4 is 5.32 Å². The van der Waals surface area contributed by atoms with Gasteiger partial charge in [-0.05, 0) is 39.4 Å². The Morgan fingerprint density at radius 3 is 3.10 bits per heavy atom. The van der Waals surface area contributed by atoms with E-state index in [-0.39, 0.29) is 0 Å². The molecule has 0 saturated carbocycles. The van der Waals surface area contributed by atoms with Crippen molar-refractivity contribution >= 4 is 16.5 Å². The first kappa shape index (κ1) is 15.7. The van der Waals surface area contributed by atoms with Crippen LogP contribution in [0.5, 0.6) is 0 Å². The van der Waals surface area contributed by atoms with E-state index in [2.05, 4.69) is 41.0 Å². The minimum absolute atomic E-state index is 0.746. The molecule has 1 saturated heterocycles. The summed E-state index contributed by atoms with van der Waals surface area (Å²) < 4.78 is 0. The largest absolute Gasteiger partial charge is 0.362 e. The second-order valence-corrected chi connectivity index (χ2v) is 6.80. The number of anilines is 1. The number of hydrogen-bond acceptors (Lipinski definition) is 5. The van der Waals surface area contributed by atoms with E-state index in [1.807, 2.05) is 6.20 Å². The molecule has 1 aliphatic rings. The molecule has 2 rings (SSSR count). The third kappa shape index (κ3) is 4.43. The van der Waals surface area contributed by atoms with E-state index in [1.165, 1.54) is 37.4 Å². The molecule has 1 N–H and O–H groups in total. The first-order valence-electron chi connectivity index (χ1n) is 7.84. The molecular weight excluding hydrogens is 268 g/mol. The Balaban J connectivity index is 1.78. The van der Waals surface area contributed by atoms with Gasteiger partial charge in [-0.1, -0.05) is 13.8 Å². The van der Waals surface area contributed by atoms with E-state index in [9.17, 15) is 0 Å². The van der Waals surface area contributed by atoms with Crippen LogP contribution in [-0.4, -0.2) is 54.1 Å². The smallest absolute Gasteiger partial charge is 0.182 e. The van der Waals surface area contributed by atoms with Gasteiger partial charge in [0.05, 0.1) is 0 Å². The summed E-state index contributed by atoms with van der Waals surface area (Å²) in [5, 5.41) is 4.42. The van der Waals surface area contributed by atoms with Gasteiger partial charge in [0.25, 0.3) is 0 Å². The second kappa shape index (κ2) is 7.96. The van der Waals surface area contributed by atoms with Crippen LogP contribution in [0, 0.1) is 0 Å². The molecule has 0 radical (unpaired) electrons. The topological polar surface area (TPSA) is 31.4 Å². The van der Waals surface area contributed by atoms with Gasteiger partial charge in [0.2, 0.25) is 0 Å². The summed E-state index contributed by atoms with van der Waals surface area (Å²) in [7, 11) is 2.23. The third-order valence-corrected chi connectivity index (χ3v) is 4.87. The van der Waals surface area contributed by atoms with Crippen LogP contribution in [0.15, 0.2) is 6.20 Å². The molecule has 0 aliphatic carbocycles. The summed E-state index contributed by atoms with van der Waals surface area (Å²) in [6.07, 6.45) is 5.87. The summed E-state index contributed by atoms with van der Waals surface area (Å²) in [5.74, 6) is 0. The average molecular weight is 296 g/mol. The predicted molar refractivity (Wildman–Crippen MR) is 87.5 cm³/mol. The molecule has 1 aromatic heterocycles. The summed E-state index contributed by atoms with van der Waals surface area (Å²) >= 11 is 1.79. The minimum Gasteiger partial charge on any atom is -0.362 e. The van der Waals surface area contributed by atoms with E-state index in [0.29, 0.717) is 0 Å². The number of rotatable bonds is 8.